The van der Waals surface area contributed by atoms with Crippen LogP contribution in [0.4, 0.5) is 5.69 Å². The van der Waals surface area contributed by atoms with Gasteiger partial charge in [-0.25, -0.2) is 5.43 Å². The summed E-state index contributed by atoms with van der Waals surface area (Å²) in [6.45, 7) is 1.77. The van der Waals surface area contributed by atoms with E-state index in [0.29, 0.717) is 16.8 Å². The molecule has 0 bridgehead atoms. The number of hydrogen-bond donors (Lipinski definition) is 3. The van der Waals surface area contributed by atoms with E-state index >= 15 is 0 Å². The third-order valence-electron chi connectivity index (χ3n) is 5.56. The topological polar surface area (TPSA) is 90.8 Å². The summed E-state index contributed by atoms with van der Waals surface area (Å²) < 4.78 is 0. The van der Waals surface area contributed by atoms with E-state index in [-0.39, 0.29) is 11.8 Å². The molecule has 0 aliphatic heterocycles. The van der Waals surface area contributed by atoms with Crippen LogP contribution in [0.25, 0.3) is 0 Å². The molecule has 0 heterocycles. The number of carbonyl (C=O) groups excluding carboxylic acids is 2. The molecule has 0 spiro atoms. The number of nitrogens with zero attached hydrogens (tertiary/aromatic N) is 1. The van der Waals surface area contributed by atoms with E-state index in [9.17, 15) is 14.7 Å². The first kappa shape index (κ1) is 21.5. The third kappa shape index (κ3) is 4.60. The lowest BCUT2D eigenvalue weighted by Crippen LogP contribution is -2.43. The van der Waals surface area contributed by atoms with Crippen molar-refractivity contribution in [3.63, 3.8) is 0 Å². The smallest absolute Gasteiger partial charge is 0.281 e. The van der Waals surface area contributed by atoms with Crippen molar-refractivity contribution in [2.75, 3.05) is 5.32 Å². The van der Waals surface area contributed by atoms with Gasteiger partial charge >= 0.3 is 0 Å². The summed E-state index contributed by atoms with van der Waals surface area (Å²) in [4.78, 5) is 25.0. The quantitative estimate of drug-likeness (QED) is 0.396. The standard InChI is InChI=1S/C26H25N3O3/c1-18(19-14-16-23(17-15-19)27-24(30)20-12-13-20)28-29-25(31)26(32,21-8-4-2-5-9-21)22-10-6-3-7-11-22/h2-11,14-17,20,32H,12-13H2,1H3,(H,27,30)(H,29,31)/b28-18+. The van der Waals surface area contributed by atoms with Crippen molar-refractivity contribution in [3.05, 3.63) is 102 Å². The maximum atomic E-state index is 13.1. The molecule has 0 radical (unpaired) electrons. The first-order valence-electron chi connectivity index (χ1n) is 10.6. The average molecular weight is 428 g/mol. The van der Waals surface area contributed by atoms with Gasteiger partial charge in [-0.2, -0.15) is 5.10 Å². The molecule has 32 heavy (non-hydrogen) atoms. The number of anilines is 1. The Bertz CT molecular complexity index is 1080. The zero-order chi connectivity index (χ0) is 22.6. The number of carbonyl (C=O) groups is 2. The predicted octanol–water partition coefficient (Wildman–Crippen LogP) is 3.81. The van der Waals surface area contributed by atoms with Gasteiger partial charge in [-0.3, -0.25) is 9.59 Å². The van der Waals surface area contributed by atoms with Crippen LogP contribution in [0.3, 0.4) is 0 Å². The molecule has 3 aromatic rings. The molecule has 0 saturated heterocycles. The van der Waals surface area contributed by atoms with Crippen molar-refractivity contribution in [3.8, 4) is 0 Å². The van der Waals surface area contributed by atoms with Gasteiger partial charge in [0.1, 0.15) is 0 Å². The largest absolute Gasteiger partial charge is 0.372 e. The van der Waals surface area contributed by atoms with Gasteiger partial charge in [0.05, 0.1) is 5.71 Å². The molecule has 162 valence electrons. The lowest BCUT2D eigenvalue weighted by molar-refractivity contribution is -0.136. The summed E-state index contributed by atoms with van der Waals surface area (Å²) in [6, 6.07) is 24.8. The summed E-state index contributed by atoms with van der Waals surface area (Å²) in [5.74, 6) is -0.458. The highest BCUT2D eigenvalue weighted by Gasteiger charge is 2.40. The monoisotopic (exact) mass is 427 g/mol. The Morgan fingerprint density at radius 3 is 1.91 bits per heavy atom. The van der Waals surface area contributed by atoms with E-state index < -0.39 is 11.5 Å². The minimum Gasteiger partial charge on any atom is -0.372 e. The molecule has 0 aromatic heterocycles. The van der Waals surface area contributed by atoms with Crippen molar-refractivity contribution in [1.82, 2.24) is 5.43 Å². The molecule has 0 unspecified atom stereocenters. The Labute approximate surface area is 187 Å². The maximum absolute atomic E-state index is 13.1. The minimum atomic E-state index is -1.89. The van der Waals surface area contributed by atoms with Gasteiger partial charge in [-0.1, -0.05) is 72.8 Å². The second kappa shape index (κ2) is 9.16. The van der Waals surface area contributed by atoms with E-state index in [2.05, 4.69) is 15.8 Å². The number of hydrazone groups is 1. The molecular weight excluding hydrogens is 402 g/mol. The highest BCUT2D eigenvalue weighted by atomic mass is 16.3. The average Bonchev–Trinajstić information content (AvgIpc) is 3.69. The molecule has 6 heteroatoms. The molecule has 0 atom stereocenters. The van der Waals surface area contributed by atoms with Gasteiger partial charge in [0.25, 0.3) is 5.91 Å². The lowest BCUT2D eigenvalue weighted by atomic mass is 9.85. The van der Waals surface area contributed by atoms with E-state index in [1.807, 2.05) is 24.3 Å². The van der Waals surface area contributed by atoms with Crippen LogP contribution in [0.5, 0.6) is 0 Å². The van der Waals surface area contributed by atoms with Gasteiger partial charge in [0, 0.05) is 11.6 Å². The minimum absolute atomic E-state index is 0.0523. The first-order chi connectivity index (χ1) is 15.5. The maximum Gasteiger partial charge on any atom is 0.281 e. The fourth-order valence-electron chi connectivity index (χ4n) is 3.45. The van der Waals surface area contributed by atoms with Crippen LogP contribution in [0.2, 0.25) is 0 Å². The summed E-state index contributed by atoms with van der Waals surface area (Å²) in [5, 5.41) is 18.6. The Hall–Kier alpha value is -3.77. The molecule has 1 fully saturated rings. The second-order valence-electron chi connectivity index (χ2n) is 7.92. The van der Waals surface area contributed by atoms with Crippen molar-refractivity contribution < 1.29 is 14.7 Å². The molecule has 2 amide bonds. The Morgan fingerprint density at radius 2 is 1.41 bits per heavy atom. The zero-order valence-electron chi connectivity index (χ0n) is 17.8. The van der Waals surface area contributed by atoms with Crippen LogP contribution in [0.1, 0.15) is 36.5 Å². The molecule has 1 aliphatic carbocycles. The number of amides is 2. The number of nitrogens with one attached hydrogen (secondary N) is 2. The highest BCUT2D eigenvalue weighted by Crippen LogP contribution is 2.31. The number of hydrogen-bond acceptors (Lipinski definition) is 4. The third-order valence-corrected chi connectivity index (χ3v) is 5.56. The number of rotatable bonds is 7. The molecule has 3 N–H and O–H groups in total. The van der Waals surface area contributed by atoms with Crippen molar-refractivity contribution in [2.45, 2.75) is 25.4 Å². The molecule has 3 aromatic carbocycles. The van der Waals surface area contributed by atoms with Gasteiger partial charge in [-0.15, -0.1) is 0 Å². The lowest BCUT2D eigenvalue weighted by Gasteiger charge is -2.27. The van der Waals surface area contributed by atoms with E-state index in [4.69, 9.17) is 0 Å². The molecule has 1 saturated carbocycles. The predicted molar refractivity (Wildman–Crippen MR) is 124 cm³/mol. The normalized spacial score (nSPS) is 14.0. The van der Waals surface area contributed by atoms with E-state index in [0.717, 1.165) is 24.1 Å². The summed E-state index contributed by atoms with van der Waals surface area (Å²) >= 11 is 0. The second-order valence-corrected chi connectivity index (χ2v) is 7.92. The van der Waals surface area contributed by atoms with Crippen LogP contribution >= 0.6 is 0 Å². The van der Waals surface area contributed by atoms with E-state index in [1.54, 1.807) is 67.6 Å². The van der Waals surface area contributed by atoms with Gasteiger partial charge in [-0.05, 0) is 48.6 Å². The zero-order valence-corrected chi connectivity index (χ0v) is 17.8. The van der Waals surface area contributed by atoms with Crippen LogP contribution < -0.4 is 10.7 Å². The molecule has 6 nitrogen and oxygen atoms in total. The number of aliphatic hydroxyl groups is 1. The van der Waals surface area contributed by atoms with Crippen LogP contribution in [-0.4, -0.2) is 22.6 Å². The summed E-state index contributed by atoms with van der Waals surface area (Å²) in [5.41, 5.74) is 3.62. The van der Waals surface area contributed by atoms with Crippen molar-refractivity contribution in [2.24, 2.45) is 11.0 Å². The fourth-order valence-corrected chi connectivity index (χ4v) is 3.45. The fraction of sp³-hybridized carbons (Fsp3) is 0.192. The SMILES string of the molecule is C/C(=N\NC(=O)C(O)(c1ccccc1)c1ccccc1)c1ccc(NC(=O)C2CC2)cc1. The van der Waals surface area contributed by atoms with Crippen LogP contribution in [0, 0.1) is 5.92 Å². The van der Waals surface area contributed by atoms with Gasteiger partial charge in [0.15, 0.2) is 5.60 Å². The molecule has 4 rings (SSSR count). The number of benzene rings is 3. The van der Waals surface area contributed by atoms with Crippen LogP contribution in [-0.2, 0) is 15.2 Å². The first-order valence-corrected chi connectivity index (χ1v) is 10.6. The Morgan fingerprint density at radius 1 is 0.875 bits per heavy atom. The summed E-state index contributed by atoms with van der Waals surface area (Å²) in [6.07, 6.45) is 1.90. The van der Waals surface area contributed by atoms with Crippen molar-refractivity contribution >= 4 is 23.2 Å². The highest BCUT2D eigenvalue weighted by molar-refractivity contribution is 6.01. The molecule has 1 aliphatic rings. The van der Waals surface area contributed by atoms with Crippen LogP contribution in [0.15, 0.2) is 90.0 Å². The van der Waals surface area contributed by atoms with Crippen molar-refractivity contribution in [1.29, 1.82) is 0 Å². The molecular formula is C26H25N3O3. The Balaban J connectivity index is 1.51. The Kier molecular flexibility index (Phi) is 6.14. The van der Waals surface area contributed by atoms with Gasteiger partial charge < -0.3 is 10.4 Å². The van der Waals surface area contributed by atoms with E-state index in [1.165, 1.54) is 0 Å². The van der Waals surface area contributed by atoms with Gasteiger partial charge in [0.2, 0.25) is 5.91 Å². The summed E-state index contributed by atoms with van der Waals surface area (Å²) in [7, 11) is 0.